The van der Waals surface area contributed by atoms with E-state index in [1.54, 1.807) is 4.90 Å². The lowest BCUT2D eigenvalue weighted by molar-refractivity contribution is -0.123. The van der Waals surface area contributed by atoms with E-state index >= 15 is 0 Å². The first-order chi connectivity index (χ1) is 21.3. The first-order valence-electron chi connectivity index (χ1n) is 14.8. The van der Waals surface area contributed by atoms with E-state index in [1.165, 1.54) is 6.08 Å². The molecule has 1 saturated heterocycles. The summed E-state index contributed by atoms with van der Waals surface area (Å²) in [6.45, 7) is 2.72. The van der Waals surface area contributed by atoms with Gasteiger partial charge >= 0.3 is 6.03 Å². The summed E-state index contributed by atoms with van der Waals surface area (Å²) >= 11 is 0. The van der Waals surface area contributed by atoms with Gasteiger partial charge in [-0.25, -0.2) is 13.2 Å². The van der Waals surface area contributed by atoms with Gasteiger partial charge in [-0.3, -0.25) is 9.63 Å². The van der Waals surface area contributed by atoms with Gasteiger partial charge in [-0.1, -0.05) is 95.9 Å². The van der Waals surface area contributed by atoms with E-state index in [0.717, 1.165) is 35.2 Å². The van der Waals surface area contributed by atoms with Crippen LogP contribution in [0.1, 0.15) is 23.1 Å². The first-order valence-corrected chi connectivity index (χ1v) is 16.3. The molecule has 3 N–H and O–H groups in total. The summed E-state index contributed by atoms with van der Waals surface area (Å²) < 4.78 is 25.4. The lowest BCUT2D eigenvalue weighted by Crippen LogP contribution is -2.56. The highest BCUT2D eigenvalue weighted by Crippen LogP contribution is 2.10. The van der Waals surface area contributed by atoms with E-state index in [-0.39, 0.29) is 19.1 Å². The average molecular weight is 620 g/mol. The van der Waals surface area contributed by atoms with Crippen LogP contribution in [0.25, 0.3) is 0 Å². The van der Waals surface area contributed by atoms with Gasteiger partial charge in [0.15, 0.2) is 0 Å². The van der Waals surface area contributed by atoms with Crippen LogP contribution in [0.5, 0.6) is 0 Å². The number of amides is 3. The van der Waals surface area contributed by atoms with Crippen LogP contribution in [0, 0.1) is 0 Å². The molecule has 2 atom stereocenters. The van der Waals surface area contributed by atoms with Crippen molar-refractivity contribution in [2.24, 2.45) is 0 Å². The number of likely N-dealkylation sites (N-methyl/N-ethyl adjacent to an activating group) is 1. The van der Waals surface area contributed by atoms with Crippen molar-refractivity contribution >= 4 is 22.0 Å². The number of rotatable bonds is 14. The summed E-state index contributed by atoms with van der Waals surface area (Å²) in [6.07, 6.45) is 2.77. The van der Waals surface area contributed by atoms with E-state index in [1.807, 2.05) is 98.0 Å². The van der Waals surface area contributed by atoms with Crippen LogP contribution in [0.3, 0.4) is 0 Å². The number of sulfonamides is 1. The number of nitrogens with zero attached hydrogens (tertiary/aromatic N) is 2. The number of benzene rings is 3. The molecule has 0 unspecified atom stereocenters. The second-order valence-electron chi connectivity index (χ2n) is 10.9. The minimum Gasteiger partial charge on any atom is -0.348 e. The SMILES string of the molecule is CN1CCN(C(=O)N[C@@H](Cc2ccccc2)C(=O)N[C@H](C=CS(=O)(=O)NOCc2ccccc2)CCc2ccccc2)CC1. The van der Waals surface area contributed by atoms with Gasteiger partial charge in [0, 0.05) is 44.0 Å². The highest BCUT2D eigenvalue weighted by molar-refractivity contribution is 7.92. The molecule has 10 nitrogen and oxygen atoms in total. The molecule has 3 aromatic rings. The maximum absolute atomic E-state index is 13.7. The minimum absolute atomic E-state index is 0.0657. The van der Waals surface area contributed by atoms with Crippen LogP contribution >= 0.6 is 0 Å². The summed E-state index contributed by atoms with van der Waals surface area (Å²) in [5.41, 5.74) is 2.76. The molecule has 0 bridgehead atoms. The molecular formula is C33H41N5O5S. The maximum atomic E-state index is 13.7. The third-order valence-corrected chi connectivity index (χ3v) is 8.21. The number of urea groups is 1. The van der Waals surface area contributed by atoms with Crippen molar-refractivity contribution in [1.82, 2.24) is 25.3 Å². The molecule has 0 radical (unpaired) electrons. The lowest BCUT2D eigenvalue weighted by Gasteiger charge is -2.33. The zero-order valence-corrected chi connectivity index (χ0v) is 25.8. The number of carbonyl (C=O) groups is 2. The van der Waals surface area contributed by atoms with Gasteiger partial charge in [0.05, 0.1) is 6.61 Å². The Balaban J connectivity index is 1.46. The molecule has 1 aliphatic rings. The molecule has 0 aliphatic carbocycles. The fourth-order valence-corrected chi connectivity index (χ4v) is 5.45. The van der Waals surface area contributed by atoms with Crippen LogP contribution in [0.4, 0.5) is 4.79 Å². The van der Waals surface area contributed by atoms with Crippen molar-refractivity contribution in [2.75, 3.05) is 33.2 Å². The Bertz CT molecular complexity index is 1450. The molecule has 1 aliphatic heterocycles. The third kappa shape index (κ3) is 11.2. The highest BCUT2D eigenvalue weighted by atomic mass is 32.2. The topological polar surface area (TPSA) is 120 Å². The van der Waals surface area contributed by atoms with Gasteiger partial charge < -0.3 is 20.4 Å². The molecule has 1 heterocycles. The van der Waals surface area contributed by atoms with Crippen molar-refractivity contribution in [2.45, 2.75) is 38.0 Å². The molecule has 3 aromatic carbocycles. The van der Waals surface area contributed by atoms with E-state index in [9.17, 15) is 18.0 Å². The van der Waals surface area contributed by atoms with E-state index < -0.39 is 28.0 Å². The fraction of sp³-hybridized carbons (Fsp3) is 0.333. The zero-order chi connectivity index (χ0) is 31.2. The van der Waals surface area contributed by atoms with Gasteiger partial charge in [0.25, 0.3) is 10.0 Å². The Morgan fingerprint density at radius 1 is 0.818 bits per heavy atom. The molecule has 0 aromatic heterocycles. The Labute approximate surface area is 260 Å². The molecule has 4 rings (SSSR count). The second-order valence-corrected chi connectivity index (χ2v) is 12.4. The predicted octanol–water partition coefficient (Wildman–Crippen LogP) is 3.24. The number of nitrogens with one attached hydrogen (secondary N) is 3. The van der Waals surface area contributed by atoms with Crippen LogP contribution < -0.4 is 15.5 Å². The number of hydrogen-bond acceptors (Lipinski definition) is 6. The molecule has 44 heavy (non-hydrogen) atoms. The Morgan fingerprint density at radius 2 is 1.39 bits per heavy atom. The Kier molecular flexibility index (Phi) is 12.5. The van der Waals surface area contributed by atoms with Crippen molar-refractivity contribution in [1.29, 1.82) is 0 Å². The van der Waals surface area contributed by atoms with Gasteiger partial charge in [-0.15, -0.1) is 0 Å². The molecule has 0 spiro atoms. The number of carbonyl (C=O) groups excluding carboxylic acids is 2. The van der Waals surface area contributed by atoms with Gasteiger partial charge in [-0.2, -0.15) is 0 Å². The fourth-order valence-electron chi connectivity index (χ4n) is 4.77. The van der Waals surface area contributed by atoms with Crippen molar-refractivity contribution in [3.05, 3.63) is 119 Å². The molecule has 1 fully saturated rings. The Morgan fingerprint density at radius 3 is 2.00 bits per heavy atom. The van der Waals surface area contributed by atoms with Crippen molar-refractivity contribution in [3.8, 4) is 0 Å². The lowest BCUT2D eigenvalue weighted by atomic mass is 10.0. The predicted molar refractivity (Wildman–Crippen MR) is 171 cm³/mol. The molecule has 11 heteroatoms. The van der Waals surface area contributed by atoms with Crippen LogP contribution in [0.15, 0.2) is 102 Å². The second kappa shape index (κ2) is 16.7. The van der Waals surface area contributed by atoms with Crippen LogP contribution in [-0.2, 0) is 39.1 Å². The normalized spacial score (nSPS) is 15.5. The van der Waals surface area contributed by atoms with Crippen LogP contribution in [0.2, 0.25) is 0 Å². The van der Waals surface area contributed by atoms with E-state index in [0.29, 0.717) is 25.9 Å². The summed E-state index contributed by atoms with van der Waals surface area (Å²) in [5.74, 6) is -0.398. The summed E-state index contributed by atoms with van der Waals surface area (Å²) in [7, 11) is -1.95. The number of hydrogen-bond donors (Lipinski definition) is 3. The molecular weight excluding hydrogens is 578 g/mol. The summed E-state index contributed by atoms with van der Waals surface area (Å²) in [4.78, 5) is 38.1. The molecule has 3 amide bonds. The first kappa shape index (κ1) is 32.9. The molecule has 0 saturated carbocycles. The maximum Gasteiger partial charge on any atom is 0.318 e. The standard InChI is InChI=1S/C33H41N5O5S/c1-37-20-22-38(23-21-37)33(40)35-31(25-28-13-7-3-8-14-28)32(39)34-30(18-17-27-11-5-2-6-12-27)19-24-44(41,42)36-43-26-29-15-9-4-10-16-29/h2-16,19,24,30-31,36H,17-18,20-23,25-26H2,1H3,(H,34,39)(H,35,40)/t30-,31-/m0/s1. The molecule has 234 valence electrons. The van der Waals surface area contributed by atoms with Gasteiger partial charge in [-0.05, 0) is 42.7 Å². The third-order valence-electron chi connectivity index (χ3n) is 7.35. The zero-order valence-electron chi connectivity index (χ0n) is 25.0. The van der Waals surface area contributed by atoms with Gasteiger partial charge in [0.2, 0.25) is 5.91 Å². The van der Waals surface area contributed by atoms with Crippen molar-refractivity contribution in [3.63, 3.8) is 0 Å². The van der Waals surface area contributed by atoms with Crippen LogP contribution in [-0.4, -0.2) is 75.5 Å². The van der Waals surface area contributed by atoms with E-state index in [4.69, 9.17) is 4.84 Å². The number of aryl methyl sites for hydroxylation is 1. The highest BCUT2D eigenvalue weighted by Gasteiger charge is 2.27. The minimum atomic E-state index is -3.96. The monoisotopic (exact) mass is 619 g/mol. The smallest absolute Gasteiger partial charge is 0.318 e. The summed E-state index contributed by atoms with van der Waals surface area (Å²) in [5, 5.41) is 6.91. The Hall–Kier alpha value is -4.03. The van der Waals surface area contributed by atoms with Gasteiger partial charge in [0.1, 0.15) is 6.04 Å². The van der Waals surface area contributed by atoms with Crippen molar-refractivity contribution < 1.29 is 22.8 Å². The number of piperazine rings is 1. The summed E-state index contributed by atoms with van der Waals surface area (Å²) in [6, 6.07) is 26.6. The quantitative estimate of drug-likeness (QED) is 0.239. The van der Waals surface area contributed by atoms with E-state index in [2.05, 4.69) is 20.4 Å². The largest absolute Gasteiger partial charge is 0.348 e. The average Bonchev–Trinajstić information content (AvgIpc) is 3.03.